The molecular weight excluding hydrogens is 291 g/mol. The van der Waals surface area contributed by atoms with Crippen LogP contribution in [0.1, 0.15) is 30.4 Å². The molecule has 0 aliphatic heterocycles. The SMILES string of the molecule is N#CCC1(COc2ccc(CCl)cc2C(F)(F)F)CC1. The summed E-state index contributed by atoms with van der Waals surface area (Å²) in [7, 11) is 0. The maximum absolute atomic E-state index is 13.0. The normalized spacial score (nSPS) is 16.6. The Morgan fingerprint density at radius 3 is 2.55 bits per heavy atom. The molecule has 1 aliphatic rings. The van der Waals surface area contributed by atoms with E-state index < -0.39 is 11.7 Å². The van der Waals surface area contributed by atoms with Crippen LogP contribution in [0.2, 0.25) is 0 Å². The number of halogens is 4. The number of nitriles is 1. The topological polar surface area (TPSA) is 33.0 Å². The van der Waals surface area contributed by atoms with Crippen LogP contribution in [0.3, 0.4) is 0 Å². The molecule has 1 saturated carbocycles. The summed E-state index contributed by atoms with van der Waals surface area (Å²) < 4.78 is 44.2. The Morgan fingerprint density at radius 2 is 2.05 bits per heavy atom. The highest BCUT2D eigenvalue weighted by molar-refractivity contribution is 6.17. The van der Waals surface area contributed by atoms with Crippen LogP contribution in [0, 0.1) is 16.7 Å². The highest BCUT2D eigenvalue weighted by Crippen LogP contribution is 2.49. The molecular formula is C14H13ClF3NO. The molecule has 0 bridgehead atoms. The highest BCUT2D eigenvalue weighted by Gasteiger charge is 2.44. The predicted octanol–water partition coefficient (Wildman–Crippen LogP) is 4.52. The Morgan fingerprint density at radius 1 is 1.35 bits per heavy atom. The lowest BCUT2D eigenvalue weighted by atomic mass is 10.1. The molecule has 0 heterocycles. The molecule has 0 atom stereocenters. The van der Waals surface area contributed by atoms with E-state index in [2.05, 4.69) is 6.07 Å². The van der Waals surface area contributed by atoms with Crippen molar-refractivity contribution in [2.75, 3.05) is 6.61 Å². The van der Waals surface area contributed by atoms with E-state index in [9.17, 15) is 13.2 Å². The summed E-state index contributed by atoms with van der Waals surface area (Å²) >= 11 is 5.56. The van der Waals surface area contributed by atoms with Gasteiger partial charge in [0.15, 0.2) is 0 Å². The molecule has 0 amide bonds. The lowest BCUT2D eigenvalue weighted by Gasteiger charge is -2.17. The number of nitrogens with zero attached hydrogens (tertiary/aromatic N) is 1. The summed E-state index contributed by atoms with van der Waals surface area (Å²) in [5.41, 5.74) is -0.684. The van der Waals surface area contributed by atoms with Crippen LogP contribution >= 0.6 is 11.6 Å². The quantitative estimate of drug-likeness (QED) is 0.749. The van der Waals surface area contributed by atoms with Gasteiger partial charge in [-0.1, -0.05) is 6.07 Å². The van der Waals surface area contributed by atoms with Crippen molar-refractivity contribution in [2.24, 2.45) is 5.41 Å². The zero-order chi connectivity index (χ0) is 14.8. The van der Waals surface area contributed by atoms with Gasteiger partial charge in [-0.3, -0.25) is 0 Å². The van der Waals surface area contributed by atoms with E-state index >= 15 is 0 Å². The smallest absolute Gasteiger partial charge is 0.419 e. The fourth-order valence-corrected chi connectivity index (χ4v) is 2.12. The fraction of sp³-hybridized carbons (Fsp3) is 0.500. The molecule has 0 spiro atoms. The molecule has 1 fully saturated rings. The maximum atomic E-state index is 13.0. The Balaban J connectivity index is 2.17. The lowest BCUT2D eigenvalue weighted by Crippen LogP contribution is -2.15. The molecule has 108 valence electrons. The summed E-state index contributed by atoms with van der Waals surface area (Å²) in [4.78, 5) is 0. The third-order valence-corrected chi connectivity index (χ3v) is 3.76. The van der Waals surface area contributed by atoms with Crippen molar-refractivity contribution in [1.29, 1.82) is 5.26 Å². The minimum absolute atomic E-state index is 0.0156. The van der Waals surface area contributed by atoms with Crippen LogP contribution < -0.4 is 4.74 Å². The Labute approximate surface area is 120 Å². The fourth-order valence-electron chi connectivity index (χ4n) is 1.96. The van der Waals surface area contributed by atoms with Crippen molar-refractivity contribution in [3.05, 3.63) is 29.3 Å². The van der Waals surface area contributed by atoms with Gasteiger partial charge >= 0.3 is 6.18 Å². The lowest BCUT2D eigenvalue weighted by molar-refractivity contribution is -0.139. The van der Waals surface area contributed by atoms with Gasteiger partial charge in [0.05, 0.1) is 18.2 Å². The Hall–Kier alpha value is -1.41. The van der Waals surface area contributed by atoms with Crippen LogP contribution in [0.4, 0.5) is 13.2 Å². The molecule has 2 nitrogen and oxygen atoms in total. The third kappa shape index (κ3) is 3.37. The van der Waals surface area contributed by atoms with E-state index in [1.165, 1.54) is 12.1 Å². The Bertz CT molecular complexity index is 532. The monoisotopic (exact) mass is 303 g/mol. The standard InChI is InChI=1S/C14H13ClF3NO/c15-8-10-1-2-12(11(7-10)14(16,17)18)20-9-13(3-4-13)5-6-19/h1-2,7H,3-5,8-9H2. The molecule has 0 aromatic heterocycles. The number of ether oxygens (including phenoxy) is 1. The van der Waals surface area contributed by atoms with Crippen molar-refractivity contribution in [3.8, 4) is 11.8 Å². The van der Waals surface area contributed by atoms with Crippen molar-refractivity contribution >= 4 is 11.6 Å². The van der Waals surface area contributed by atoms with Gasteiger partial charge < -0.3 is 4.74 Å². The van der Waals surface area contributed by atoms with Crippen molar-refractivity contribution in [2.45, 2.75) is 31.3 Å². The number of hydrogen-bond donors (Lipinski definition) is 0. The van der Waals surface area contributed by atoms with E-state index in [1.54, 1.807) is 0 Å². The molecule has 0 unspecified atom stereocenters. The molecule has 20 heavy (non-hydrogen) atoms. The van der Waals surface area contributed by atoms with Gasteiger partial charge in [-0.15, -0.1) is 11.6 Å². The van der Waals surface area contributed by atoms with Crippen LogP contribution in [0.15, 0.2) is 18.2 Å². The first kappa shape index (κ1) is 15.0. The van der Waals surface area contributed by atoms with Crippen molar-refractivity contribution in [3.63, 3.8) is 0 Å². The van der Waals surface area contributed by atoms with Gasteiger partial charge in [0.25, 0.3) is 0 Å². The largest absolute Gasteiger partial charge is 0.492 e. The third-order valence-electron chi connectivity index (χ3n) is 3.45. The van der Waals surface area contributed by atoms with Gasteiger partial charge in [0, 0.05) is 17.7 Å². The molecule has 0 saturated heterocycles. The van der Waals surface area contributed by atoms with Crippen molar-refractivity contribution < 1.29 is 17.9 Å². The van der Waals surface area contributed by atoms with Gasteiger partial charge in [0.2, 0.25) is 0 Å². The first-order chi connectivity index (χ1) is 9.40. The number of benzene rings is 1. The molecule has 2 rings (SSSR count). The predicted molar refractivity (Wildman–Crippen MR) is 68.4 cm³/mol. The summed E-state index contributed by atoms with van der Waals surface area (Å²) in [6.07, 6.45) is -2.53. The summed E-state index contributed by atoms with van der Waals surface area (Å²) in [6, 6.07) is 5.87. The first-order valence-corrected chi connectivity index (χ1v) is 6.69. The molecule has 6 heteroatoms. The molecule has 1 aliphatic carbocycles. The van der Waals surface area contributed by atoms with Crippen LogP contribution in [-0.4, -0.2) is 6.61 Å². The Kier molecular flexibility index (Phi) is 4.14. The highest BCUT2D eigenvalue weighted by atomic mass is 35.5. The van der Waals surface area contributed by atoms with E-state index in [1.807, 2.05) is 0 Å². The van der Waals surface area contributed by atoms with Crippen molar-refractivity contribution in [1.82, 2.24) is 0 Å². The molecule has 0 radical (unpaired) electrons. The van der Waals surface area contributed by atoms with E-state index in [4.69, 9.17) is 21.6 Å². The van der Waals surface area contributed by atoms with E-state index in [0.29, 0.717) is 12.0 Å². The minimum atomic E-state index is -4.48. The molecule has 0 N–H and O–H groups in total. The number of hydrogen-bond acceptors (Lipinski definition) is 2. The molecule has 1 aromatic carbocycles. The van der Waals surface area contributed by atoms with Crippen LogP contribution in [0.5, 0.6) is 5.75 Å². The van der Waals surface area contributed by atoms with E-state index in [-0.39, 0.29) is 23.7 Å². The summed E-state index contributed by atoms with van der Waals surface area (Å²) in [6.45, 7) is 0.143. The van der Waals surface area contributed by atoms with Gasteiger partial charge in [0.1, 0.15) is 5.75 Å². The zero-order valence-electron chi connectivity index (χ0n) is 10.6. The average Bonchev–Trinajstić information content (AvgIpc) is 3.16. The zero-order valence-corrected chi connectivity index (χ0v) is 11.4. The van der Waals surface area contributed by atoms with Gasteiger partial charge in [-0.2, -0.15) is 18.4 Å². The number of rotatable bonds is 5. The van der Waals surface area contributed by atoms with Gasteiger partial charge in [-0.25, -0.2) is 0 Å². The minimum Gasteiger partial charge on any atom is -0.492 e. The number of alkyl halides is 4. The molecule has 1 aromatic rings. The second kappa shape index (κ2) is 5.53. The first-order valence-electron chi connectivity index (χ1n) is 6.16. The average molecular weight is 304 g/mol. The second-order valence-corrected chi connectivity index (χ2v) is 5.35. The summed E-state index contributed by atoms with van der Waals surface area (Å²) in [5.74, 6) is -0.183. The van der Waals surface area contributed by atoms with Crippen LogP contribution in [0.25, 0.3) is 0 Å². The van der Waals surface area contributed by atoms with Crippen LogP contribution in [-0.2, 0) is 12.1 Å². The van der Waals surface area contributed by atoms with E-state index in [0.717, 1.165) is 18.9 Å². The summed E-state index contributed by atoms with van der Waals surface area (Å²) in [5, 5.41) is 8.69. The van der Waals surface area contributed by atoms with Gasteiger partial charge in [-0.05, 0) is 30.5 Å². The second-order valence-electron chi connectivity index (χ2n) is 5.09. The maximum Gasteiger partial charge on any atom is 0.419 e.